The van der Waals surface area contributed by atoms with Crippen LogP contribution in [-0.2, 0) is 4.79 Å². The quantitative estimate of drug-likeness (QED) is 0.748. The van der Waals surface area contributed by atoms with Gasteiger partial charge in [0.05, 0.1) is 6.61 Å². The summed E-state index contributed by atoms with van der Waals surface area (Å²) in [6, 6.07) is 0. The molecule has 1 saturated carbocycles. The molecule has 2 aliphatic rings. The minimum Gasteiger partial charge on any atom is -0.392 e. The lowest BCUT2D eigenvalue weighted by atomic mass is 9.72. The number of allylic oxidation sites excluding steroid dienone is 1. The van der Waals surface area contributed by atoms with Crippen LogP contribution in [-0.4, -0.2) is 17.5 Å². The van der Waals surface area contributed by atoms with Crippen molar-refractivity contribution in [2.45, 2.75) is 46.5 Å². The monoisotopic (exact) mass is 236 g/mol. The van der Waals surface area contributed by atoms with E-state index in [1.165, 1.54) is 0 Å². The number of carbonyl (C=O) groups excluding carboxylic acids is 1. The van der Waals surface area contributed by atoms with Crippen molar-refractivity contribution in [1.82, 2.24) is 0 Å². The highest BCUT2D eigenvalue weighted by Gasteiger charge is 2.49. The molecule has 0 aromatic heterocycles. The normalized spacial score (nSPS) is 37.9. The van der Waals surface area contributed by atoms with Crippen LogP contribution in [0.1, 0.15) is 46.5 Å². The largest absolute Gasteiger partial charge is 0.392 e. The zero-order valence-electron chi connectivity index (χ0n) is 11.2. The predicted molar refractivity (Wildman–Crippen MR) is 68.6 cm³/mol. The first-order chi connectivity index (χ1) is 7.99. The molecule has 2 aliphatic carbocycles. The summed E-state index contributed by atoms with van der Waals surface area (Å²) in [7, 11) is 0. The molecule has 2 rings (SSSR count). The first-order valence-corrected chi connectivity index (χ1v) is 6.82. The summed E-state index contributed by atoms with van der Waals surface area (Å²) >= 11 is 0. The van der Waals surface area contributed by atoms with Gasteiger partial charge in [0.2, 0.25) is 0 Å². The molecule has 1 fully saturated rings. The molecule has 17 heavy (non-hydrogen) atoms. The summed E-state index contributed by atoms with van der Waals surface area (Å²) in [5.41, 5.74) is 0.908. The van der Waals surface area contributed by atoms with Crippen molar-refractivity contribution < 1.29 is 9.90 Å². The van der Waals surface area contributed by atoms with Gasteiger partial charge in [-0.25, -0.2) is 0 Å². The molecular formula is C15H24O2. The fourth-order valence-electron chi connectivity index (χ4n) is 3.69. The summed E-state index contributed by atoms with van der Waals surface area (Å²) in [5.74, 6) is 1.97. The Morgan fingerprint density at radius 2 is 2.18 bits per heavy atom. The average Bonchev–Trinajstić information content (AvgIpc) is 2.57. The van der Waals surface area contributed by atoms with Gasteiger partial charge < -0.3 is 5.11 Å². The van der Waals surface area contributed by atoms with E-state index in [0.29, 0.717) is 30.0 Å². The van der Waals surface area contributed by atoms with Crippen LogP contribution in [0.5, 0.6) is 0 Å². The summed E-state index contributed by atoms with van der Waals surface area (Å²) in [6.45, 7) is 6.75. The number of aliphatic hydroxyl groups is 1. The zero-order valence-corrected chi connectivity index (χ0v) is 11.2. The Morgan fingerprint density at radius 1 is 1.47 bits per heavy atom. The average molecular weight is 236 g/mol. The number of carbonyl (C=O) groups is 1. The molecule has 3 unspecified atom stereocenters. The molecular weight excluding hydrogens is 212 g/mol. The van der Waals surface area contributed by atoms with Gasteiger partial charge >= 0.3 is 0 Å². The highest BCUT2D eigenvalue weighted by Crippen LogP contribution is 2.53. The third-order valence-electron chi connectivity index (χ3n) is 4.98. The van der Waals surface area contributed by atoms with Crippen molar-refractivity contribution in [3.8, 4) is 0 Å². The lowest BCUT2D eigenvalue weighted by Gasteiger charge is -2.31. The molecule has 0 bridgehead atoms. The third-order valence-corrected chi connectivity index (χ3v) is 4.98. The van der Waals surface area contributed by atoms with E-state index in [-0.39, 0.29) is 12.0 Å². The summed E-state index contributed by atoms with van der Waals surface area (Å²) in [6.07, 6.45) is 5.77. The van der Waals surface area contributed by atoms with Crippen molar-refractivity contribution in [2.24, 2.45) is 23.2 Å². The molecule has 0 spiro atoms. The van der Waals surface area contributed by atoms with Gasteiger partial charge in [0.1, 0.15) is 5.78 Å². The molecule has 0 aliphatic heterocycles. The summed E-state index contributed by atoms with van der Waals surface area (Å²) in [5, 5.41) is 9.35. The zero-order chi connectivity index (χ0) is 12.6. The Balaban J connectivity index is 2.37. The van der Waals surface area contributed by atoms with Crippen molar-refractivity contribution in [3.63, 3.8) is 0 Å². The maximum Gasteiger partial charge on any atom is 0.139 e. The first-order valence-electron chi connectivity index (χ1n) is 6.82. The Bertz CT molecular complexity index is 343. The van der Waals surface area contributed by atoms with E-state index >= 15 is 0 Å². The van der Waals surface area contributed by atoms with Crippen LogP contribution in [0.2, 0.25) is 0 Å². The van der Waals surface area contributed by atoms with Gasteiger partial charge in [-0.3, -0.25) is 4.79 Å². The first kappa shape index (κ1) is 12.8. The van der Waals surface area contributed by atoms with Gasteiger partial charge in [-0.15, -0.1) is 0 Å². The highest BCUT2D eigenvalue weighted by atomic mass is 16.3. The van der Waals surface area contributed by atoms with Gasteiger partial charge in [0, 0.05) is 11.8 Å². The van der Waals surface area contributed by atoms with Crippen molar-refractivity contribution in [3.05, 3.63) is 11.6 Å². The minimum absolute atomic E-state index is 0.116. The summed E-state index contributed by atoms with van der Waals surface area (Å²) in [4.78, 5) is 12.3. The fraction of sp³-hybridized carbons (Fsp3) is 0.800. The van der Waals surface area contributed by atoms with E-state index in [4.69, 9.17) is 0 Å². The number of rotatable bonds is 2. The summed E-state index contributed by atoms with van der Waals surface area (Å²) < 4.78 is 0. The molecule has 0 aromatic carbocycles. The Morgan fingerprint density at radius 3 is 2.76 bits per heavy atom. The minimum atomic E-state index is -0.161. The highest BCUT2D eigenvalue weighted by molar-refractivity contribution is 5.86. The van der Waals surface area contributed by atoms with E-state index in [2.05, 4.69) is 26.8 Å². The van der Waals surface area contributed by atoms with Crippen LogP contribution in [0.15, 0.2) is 11.6 Å². The van der Waals surface area contributed by atoms with Gasteiger partial charge in [-0.05, 0) is 42.6 Å². The van der Waals surface area contributed by atoms with E-state index in [9.17, 15) is 9.90 Å². The molecule has 0 saturated heterocycles. The topological polar surface area (TPSA) is 37.3 Å². The van der Waals surface area contributed by atoms with Crippen LogP contribution in [0, 0.1) is 23.2 Å². The maximum absolute atomic E-state index is 12.3. The van der Waals surface area contributed by atoms with E-state index < -0.39 is 0 Å². The second-order valence-corrected chi connectivity index (χ2v) is 6.30. The van der Waals surface area contributed by atoms with Crippen molar-refractivity contribution in [2.75, 3.05) is 6.61 Å². The van der Waals surface area contributed by atoms with Crippen LogP contribution in [0.4, 0.5) is 0 Å². The van der Waals surface area contributed by atoms with Crippen LogP contribution in [0.25, 0.3) is 0 Å². The van der Waals surface area contributed by atoms with Crippen molar-refractivity contribution >= 4 is 5.78 Å². The third kappa shape index (κ3) is 2.08. The molecule has 0 heterocycles. The number of hydrogen-bond donors (Lipinski definition) is 1. The van der Waals surface area contributed by atoms with Crippen LogP contribution < -0.4 is 0 Å². The van der Waals surface area contributed by atoms with Crippen LogP contribution in [0.3, 0.4) is 0 Å². The van der Waals surface area contributed by atoms with Crippen molar-refractivity contribution in [1.29, 1.82) is 0 Å². The number of fused-ring (bicyclic) bond motifs is 1. The van der Waals surface area contributed by atoms with E-state index in [1.54, 1.807) is 0 Å². The lowest BCUT2D eigenvalue weighted by molar-refractivity contribution is -0.129. The lowest BCUT2D eigenvalue weighted by Crippen LogP contribution is -2.32. The Kier molecular flexibility index (Phi) is 3.44. The standard InChI is InChI=1S/C15H24O2/c1-10(2)12-6-7-15(3)13(12)8-11(9-16)4-5-14(15)17/h8,10,12-13,16H,4-7,9H2,1-3H3. The second-order valence-electron chi connectivity index (χ2n) is 6.30. The molecule has 0 aromatic rings. The fourth-order valence-corrected chi connectivity index (χ4v) is 3.69. The number of aliphatic hydroxyl groups excluding tert-OH is 1. The second kappa shape index (κ2) is 4.56. The van der Waals surface area contributed by atoms with E-state index in [0.717, 1.165) is 24.8 Å². The van der Waals surface area contributed by atoms with E-state index in [1.807, 2.05) is 0 Å². The maximum atomic E-state index is 12.3. The number of Topliss-reactive ketones (excluding diaryl/α,β-unsaturated/α-hetero) is 1. The SMILES string of the molecule is CC(C)C1CCC2(C)C(=O)CCC(CO)=CC12. The Hall–Kier alpha value is -0.630. The molecule has 1 N–H and O–H groups in total. The molecule has 0 amide bonds. The Labute approximate surface area is 104 Å². The molecule has 3 atom stereocenters. The molecule has 0 radical (unpaired) electrons. The predicted octanol–water partition coefficient (Wildman–Crippen LogP) is 2.96. The molecule has 2 heteroatoms. The van der Waals surface area contributed by atoms with Gasteiger partial charge in [-0.2, -0.15) is 0 Å². The number of hydrogen-bond acceptors (Lipinski definition) is 2. The van der Waals surface area contributed by atoms with Gasteiger partial charge in [0.25, 0.3) is 0 Å². The van der Waals surface area contributed by atoms with Crippen LogP contribution >= 0.6 is 0 Å². The van der Waals surface area contributed by atoms with Gasteiger partial charge in [-0.1, -0.05) is 26.8 Å². The van der Waals surface area contributed by atoms with Gasteiger partial charge in [0.15, 0.2) is 0 Å². The number of ketones is 1. The molecule has 2 nitrogen and oxygen atoms in total. The molecule has 96 valence electrons. The smallest absolute Gasteiger partial charge is 0.139 e.